The molecule has 0 saturated heterocycles. The van der Waals surface area contributed by atoms with Crippen molar-refractivity contribution < 1.29 is 0 Å². The lowest BCUT2D eigenvalue weighted by Crippen LogP contribution is -2.39. The Kier molecular flexibility index (Phi) is 5.34. The summed E-state index contributed by atoms with van der Waals surface area (Å²) in [7, 11) is 0. The van der Waals surface area contributed by atoms with Crippen LogP contribution in [0.2, 0.25) is 0 Å². The zero-order chi connectivity index (χ0) is 12.3. The Labute approximate surface area is 103 Å². The minimum Gasteiger partial charge on any atom is -0.0625 e. The molecule has 2 rings (SSSR count). The third-order valence-electron chi connectivity index (χ3n) is 5.66. The number of rotatable bonds is 1. The SMILES string of the molecule is CC(C)C1CCCC1.CC1C(C)C(C)C1C. The normalized spacial score (nSPS) is 39.2. The van der Waals surface area contributed by atoms with Gasteiger partial charge in [-0.2, -0.15) is 0 Å². The topological polar surface area (TPSA) is 0 Å². The van der Waals surface area contributed by atoms with Gasteiger partial charge in [-0.25, -0.2) is 0 Å². The molecule has 0 unspecified atom stereocenters. The average molecular weight is 224 g/mol. The molecule has 0 bridgehead atoms. The minimum absolute atomic E-state index is 0.942. The van der Waals surface area contributed by atoms with Gasteiger partial charge in [-0.1, -0.05) is 67.2 Å². The maximum absolute atomic E-state index is 2.36. The molecule has 96 valence electrons. The van der Waals surface area contributed by atoms with Crippen LogP contribution in [0, 0.1) is 35.5 Å². The van der Waals surface area contributed by atoms with Gasteiger partial charge in [0.15, 0.2) is 0 Å². The Hall–Kier alpha value is 0. The van der Waals surface area contributed by atoms with Gasteiger partial charge in [0.05, 0.1) is 0 Å². The molecule has 2 fully saturated rings. The Balaban J connectivity index is 0.000000160. The van der Waals surface area contributed by atoms with E-state index in [-0.39, 0.29) is 0 Å². The molecule has 0 aromatic carbocycles. The molecule has 0 heteroatoms. The molecule has 16 heavy (non-hydrogen) atoms. The van der Waals surface area contributed by atoms with Crippen molar-refractivity contribution in [3.05, 3.63) is 0 Å². The minimum atomic E-state index is 0.942. The van der Waals surface area contributed by atoms with Gasteiger partial charge in [-0.15, -0.1) is 0 Å². The standard InChI is InChI=1S/2C8H16/c1-5-6(2)8(4)7(5)3;1-7(2)8-5-3-4-6-8/h5-8H,1-4H3;7-8H,3-6H2,1-2H3. The highest BCUT2D eigenvalue weighted by molar-refractivity contribution is 4.86. The maximum Gasteiger partial charge on any atom is -0.0386 e. The monoisotopic (exact) mass is 224 g/mol. The molecule has 0 spiro atoms. The Bertz CT molecular complexity index is 156. The van der Waals surface area contributed by atoms with E-state index >= 15 is 0 Å². The van der Waals surface area contributed by atoms with E-state index in [1.807, 2.05) is 0 Å². The predicted molar refractivity (Wildman–Crippen MR) is 73.5 cm³/mol. The van der Waals surface area contributed by atoms with Crippen LogP contribution in [0.5, 0.6) is 0 Å². The fourth-order valence-corrected chi connectivity index (χ4v) is 3.39. The van der Waals surface area contributed by atoms with Crippen molar-refractivity contribution >= 4 is 0 Å². The molecule has 0 aromatic heterocycles. The van der Waals surface area contributed by atoms with E-state index in [0.29, 0.717) is 0 Å². The van der Waals surface area contributed by atoms with Crippen LogP contribution in [0.3, 0.4) is 0 Å². The Morgan fingerprint density at radius 2 is 1.00 bits per heavy atom. The second-order valence-electron chi connectivity index (χ2n) is 6.73. The van der Waals surface area contributed by atoms with Gasteiger partial charge in [-0.05, 0) is 35.5 Å². The van der Waals surface area contributed by atoms with Gasteiger partial charge in [0.1, 0.15) is 0 Å². The van der Waals surface area contributed by atoms with Crippen LogP contribution >= 0.6 is 0 Å². The molecule has 0 amide bonds. The Morgan fingerprint density at radius 3 is 1.19 bits per heavy atom. The molecular weight excluding hydrogens is 192 g/mol. The van der Waals surface area contributed by atoms with Gasteiger partial charge in [0, 0.05) is 0 Å². The first-order valence-electron chi connectivity index (χ1n) is 7.45. The summed E-state index contributed by atoms with van der Waals surface area (Å²) in [5.74, 6) is 5.91. The molecule has 0 aliphatic heterocycles. The lowest BCUT2D eigenvalue weighted by atomic mass is 9.60. The summed E-state index contributed by atoms with van der Waals surface area (Å²) in [5.41, 5.74) is 0. The van der Waals surface area contributed by atoms with Crippen LogP contribution in [0.4, 0.5) is 0 Å². The zero-order valence-corrected chi connectivity index (χ0v) is 12.3. The van der Waals surface area contributed by atoms with Crippen LogP contribution in [-0.2, 0) is 0 Å². The van der Waals surface area contributed by atoms with Crippen molar-refractivity contribution in [1.29, 1.82) is 0 Å². The fraction of sp³-hybridized carbons (Fsp3) is 1.00. The van der Waals surface area contributed by atoms with E-state index in [9.17, 15) is 0 Å². The van der Waals surface area contributed by atoms with Gasteiger partial charge >= 0.3 is 0 Å². The highest BCUT2D eigenvalue weighted by Gasteiger charge is 2.38. The van der Waals surface area contributed by atoms with Crippen molar-refractivity contribution in [3.63, 3.8) is 0 Å². The molecule has 0 radical (unpaired) electrons. The molecule has 0 atom stereocenters. The quantitative estimate of drug-likeness (QED) is 0.561. The fourth-order valence-electron chi connectivity index (χ4n) is 3.39. The van der Waals surface area contributed by atoms with Crippen molar-refractivity contribution in [1.82, 2.24) is 0 Å². The maximum atomic E-state index is 2.36. The summed E-state index contributed by atoms with van der Waals surface area (Å²) in [6.07, 6.45) is 5.97. The summed E-state index contributed by atoms with van der Waals surface area (Å²) in [6.45, 7) is 14.1. The molecular formula is C16H32. The highest BCUT2D eigenvalue weighted by atomic mass is 14.4. The van der Waals surface area contributed by atoms with Crippen molar-refractivity contribution in [2.75, 3.05) is 0 Å². The largest absolute Gasteiger partial charge is 0.0625 e. The molecule has 2 saturated carbocycles. The summed E-state index contributed by atoms with van der Waals surface area (Å²) >= 11 is 0. The first kappa shape index (κ1) is 14.1. The summed E-state index contributed by atoms with van der Waals surface area (Å²) in [5, 5.41) is 0. The lowest BCUT2D eigenvalue weighted by Gasteiger charge is -2.45. The predicted octanol–water partition coefficient (Wildman–Crippen LogP) is 5.38. The number of hydrogen-bond acceptors (Lipinski definition) is 0. The van der Waals surface area contributed by atoms with E-state index in [1.54, 1.807) is 0 Å². The second kappa shape index (κ2) is 6.07. The molecule has 0 aromatic rings. The summed E-state index contributed by atoms with van der Waals surface area (Å²) in [4.78, 5) is 0. The van der Waals surface area contributed by atoms with Crippen LogP contribution < -0.4 is 0 Å². The summed E-state index contributed by atoms with van der Waals surface area (Å²) < 4.78 is 0. The smallest absolute Gasteiger partial charge is 0.0386 e. The van der Waals surface area contributed by atoms with E-state index in [0.717, 1.165) is 35.5 Å². The second-order valence-corrected chi connectivity index (χ2v) is 6.73. The van der Waals surface area contributed by atoms with Crippen LogP contribution in [0.25, 0.3) is 0 Å². The molecule has 0 N–H and O–H groups in total. The van der Waals surface area contributed by atoms with E-state index < -0.39 is 0 Å². The molecule has 0 nitrogen and oxygen atoms in total. The highest BCUT2D eigenvalue weighted by Crippen LogP contribution is 2.44. The van der Waals surface area contributed by atoms with Crippen LogP contribution in [0.15, 0.2) is 0 Å². The zero-order valence-electron chi connectivity index (χ0n) is 12.3. The first-order valence-corrected chi connectivity index (χ1v) is 7.45. The van der Waals surface area contributed by atoms with E-state index in [2.05, 4.69) is 41.5 Å². The third kappa shape index (κ3) is 3.25. The van der Waals surface area contributed by atoms with Gasteiger partial charge in [0.2, 0.25) is 0 Å². The first-order chi connectivity index (χ1) is 7.45. The third-order valence-corrected chi connectivity index (χ3v) is 5.66. The van der Waals surface area contributed by atoms with Crippen LogP contribution in [-0.4, -0.2) is 0 Å². The lowest BCUT2D eigenvalue weighted by molar-refractivity contribution is 0.0302. The van der Waals surface area contributed by atoms with Crippen molar-refractivity contribution in [3.8, 4) is 0 Å². The van der Waals surface area contributed by atoms with Crippen molar-refractivity contribution in [2.45, 2.75) is 67.2 Å². The van der Waals surface area contributed by atoms with Crippen LogP contribution in [0.1, 0.15) is 67.2 Å². The Morgan fingerprint density at radius 1 is 0.688 bits per heavy atom. The van der Waals surface area contributed by atoms with Gasteiger partial charge in [0.25, 0.3) is 0 Å². The van der Waals surface area contributed by atoms with Gasteiger partial charge < -0.3 is 0 Å². The van der Waals surface area contributed by atoms with Gasteiger partial charge in [-0.3, -0.25) is 0 Å². The molecule has 2 aliphatic carbocycles. The molecule has 0 heterocycles. The number of hydrogen-bond donors (Lipinski definition) is 0. The summed E-state index contributed by atoms with van der Waals surface area (Å²) in [6, 6.07) is 0. The van der Waals surface area contributed by atoms with E-state index in [1.165, 1.54) is 25.7 Å². The van der Waals surface area contributed by atoms with Crippen molar-refractivity contribution in [2.24, 2.45) is 35.5 Å². The van der Waals surface area contributed by atoms with E-state index in [4.69, 9.17) is 0 Å². The molecule has 2 aliphatic rings. The average Bonchev–Trinajstić information content (AvgIpc) is 2.80.